The molecule has 2 rings (SSSR count). The molecule has 1 saturated carbocycles. The fourth-order valence-electron chi connectivity index (χ4n) is 3.44. The van der Waals surface area contributed by atoms with Gasteiger partial charge in [-0.1, -0.05) is 20.3 Å². The van der Waals surface area contributed by atoms with Crippen LogP contribution in [-0.2, 0) is 4.74 Å². The first-order chi connectivity index (χ1) is 7.81. The monoisotopic (exact) mass is 225 g/mol. The van der Waals surface area contributed by atoms with Crippen molar-refractivity contribution in [3.05, 3.63) is 0 Å². The fraction of sp³-hybridized carbons (Fsp3) is 1.00. The summed E-state index contributed by atoms with van der Waals surface area (Å²) in [4.78, 5) is 0. The van der Waals surface area contributed by atoms with Crippen molar-refractivity contribution in [2.75, 3.05) is 19.8 Å². The molecule has 4 unspecified atom stereocenters. The molecule has 2 heteroatoms. The molecule has 0 spiro atoms. The van der Waals surface area contributed by atoms with Crippen LogP contribution in [0.2, 0.25) is 0 Å². The van der Waals surface area contributed by atoms with Crippen LogP contribution in [0.15, 0.2) is 0 Å². The van der Waals surface area contributed by atoms with Crippen molar-refractivity contribution < 1.29 is 4.74 Å². The summed E-state index contributed by atoms with van der Waals surface area (Å²) in [6.07, 6.45) is 6.80. The molecule has 0 aromatic carbocycles. The second kappa shape index (κ2) is 6.02. The molecule has 0 amide bonds. The van der Waals surface area contributed by atoms with Gasteiger partial charge in [-0.3, -0.25) is 0 Å². The van der Waals surface area contributed by atoms with E-state index >= 15 is 0 Å². The third-order valence-corrected chi connectivity index (χ3v) is 4.35. The van der Waals surface area contributed by atoms with Gasteiger partial charge >= 0.3 is 0 Å². The third-order valence-electron chi connectivity index (χ3n) is 4.35. The molecule has 0 aromatic heterocycles. The van der Waals surface area contributed by atoms with E-state index in [0.29, 0.717) is 0 Å². The molecule has 1 aliphatic heterocycles. The molecule has 94 valence electrons. The average Bonchev–Trinajstić information content (AvgIpc) is 2.91. The van der Waals surface area contributed by atoms with E-state index < -0.39 is 0 Å². The largest absolute Gasteiger partial charge is 0.381 e. The van der Waals surface area contributed by atoms with Gasteiger partial charge in [0.25, 0.3) is 0 Å². The summed E-state index contributed by atoms with van der Waals surface area (Å²) in [6, 6.07) is 0.729. The van der Waals surface area contributed by atoms with Crippen LogP contribution in [0.3, 0.4) is 0 Å². The minimum atomic E-state index is 0.729. The van der Waals surface area contributed by atoms with Gasteiger partial charge in [0.05, 0.1) is 6.61 Å². The molecule has 2 fully saturated rings. The van der Waals surface area contributed by atoms with E-state index in [2.05, 4.69) is 19.2 Å². The van der Waals surface area contributed by atoms with Crippen LogP contribution in [0.1, 0.15) is 46.0 Å². The van der Waals surface area contributed by atoms with Gasteiger partial charge < -0.3 is 10.1 Å². The Kier molecular flexibility index (Phi) is 4.66. The molecular weight excluding hydrogens is 198 g/mol. The predicted octanol–water partition coefficient (Wildman–Crippen LogP) is 2.83. The molecule has 0 bridgehead atoms. The van der Waals surface area contributed by atoms with Crippen LogP contribution < -0.4 is 5.32 Å². The van der Waals surface area contributed by atoms with Gasteiger partial charge in [-0.05, 0) is 44.1 Å². The summed E-state index contributed by atoms with van der Waals surface area (Å²) in [6.45, 7) is 7.81. The van der Waals surface area contributed by atoms with Gasteiger partial charge in [0, 0.05) is 18.6 Å². The highest BCUT2D eigenvalue weighted by Gasteiger charge is 2.35. The van der Waals surface area contributed by atoms with E-state index in [4.69, 9.17) is 4.74 Å². The second-order valence-corrected chi connectivity index (χ2v) is 5.78. The van der Waals surface area contributed by atoms with Crippen molar-refractivity contribution in [2.24, 2.45) is 17.8 Å². The first-order valence-electron chi connectivity index (χ1n) is 7.12. The molecule has 0 radical (unpaired) electrons. The maximum absolute atomic E-state index is 5.56. The first kappa shape index (κ1) is 12.4. The summed E-state index contributed by atoms with van der Waals surface area (Å²) >= 11 is 0. The molecule has 1 heterocycles. The van der Waals surface area contributed by atoms with Crippen molar-refractivity contribution >= 4 is 0 Å². The van der Waals surface area contributed by atoms with E-state index in [9.17, 15) is 0 Å². The van der Waals surface area contributed by atoms with Gasteiger partial charge in [0.2, 0.25) is 0 Å². The quantitative estimate of drug-likeness (QED) is 0.777. The summed E-state index contributed by atoms with van der Waals surface area (Å²) in [5.74, 6) is 2.63. The molecule has 2 nitrogen and oxygen atoms in total. The highest BCUT2D eigenvalue weighted by Crippen LogP contribution is 2.36. The zero-order valence-corrected chi connectivity index (χ0v) is 10.9. The highest BCUT2D eigenvalue weighted by atomic mass is 16.5. The summed E-state index contributed by atoms with van der Waals surface area (Å²) in [5.41, 5.74) is 0. The van der Waals surface area contributed by atoms with E-state index in [1.54, 1.807) is 0 Å². The molecule has 1 aliphatic carbocycles. The molecule has 1 saturated heterocycles. The van der Waals surface area contributed by atoms with Crippen molar-refractivity contribution in [1.82, 2.24) is 5.32 Å². The van der Waals surface area contributed by atoms with E-state index in [-0.39, 0.29) is 0 Å². The van der Waals surface area contributed by atoms with Gasteiger partial charge in [0.1, 0.15) is 0 Å². The zero-order chi connectivity index (χ0) is 11.4. The van der Waals surface area contributed by atoms with Crippen molar-refractivity contribution in [1.29, 1.82) is 0 Å². The lowest BCUT2D eigenvalue weighted by Crippen LogP contribution is -2.42. The van der Waals surface area contributed by atoms with Crippen LogP contribution in [-0.4, -0.2) is 25.8 Å². The van der Waals surface area contributed by atoms with Crippen LogP contribution >= 0.6 is 0 Å². The number of rotatable bonds is 5. The standard InChI is InChI=1S/C14H27NO/c1-3-7-15-14(13-6-8-16-10-13)12-5-4-11(2)9-12/h11-15H,3-10H2,1-2H3. The van der Waals surface area contributed by atoms with Gasteiger partial charge in [-0.15, -0.1) is 0 Å². The summed E-state index contributed by atoms with van der Waals surface area (Å²) < 4.78 is 5.56. The zero-order valence-electron chi connectivity index (χ0n) is 10.9. The maximum Gasteiger partial charge on any atom is 0.0510 e. The van der Waals surface area contributed by atoms with Crippen LogP contribution in [0, 0.1) is 17.8 Å². The Morgan fingerprint density at radius 2 is 2.12 bits per heavy atom. The number of hydrogen-bond acceptors (Lipinski definition) is 2. The molecule has 16 heavy (non-hydrogen) atoms. The average molecular weight is 225 g/mol. The number of ether oxygens (including phenoxy) is 1. The van der Waals surface area contributed by atoms with Crippen LogP contribution in [0.25, 0.3) is 0 Å². The Morgan fingerprint density at radius 3 is 2.69 bits per heavy atom. The fourth-order valence-corrected chi connectivity index (χ4v) is 3.44. The van der Waals surface area contributed by atoms with Crippen molar-refractivity contribution in [2.45, 2.75) is 52.0 Å². The Balaban J connectivity index is 1.90. The summed E-state index contributed by atoms with van der Waals surface area (Å²) in [5, 5.41) is 3.79. The Hall–Kier alpha value is -0.0800. The van der Waals surface area contributed by atoms with Crippen molar-refractivity contribution in [3.63, 3.8) is 0 Å². The number of nitrogens with one attached hydrogen (secondary N) is 1. The second-order valence-electron chi connectivity index (χ2n) is 5.78. The van der Waals surface area contributed by atoms with Crippen LogP contribution in [0.5, 0.6) is 0 Å². The van der Waals surface area contributed by atoms with Crippen LogP contribution in [0.4, 0.5) is 0 Å². The molecule has 0 aromatic rings. The minimum Gasteiger partial charge on any atom is -0.381 e. The van der Waals surface area contributed by atoms with Gasteiger partial charge in [-0.2, -0.15) is 0 Å². The smallest absolute Gasteiger partial charge is 0.0510 e. The summed E-state index contributed by atoms with van der Waals surface area (Å²) in [7, 11) is 0. The minimum absolute atomic E-state index is 0.729. The molecule has 1 N–H and O–H groups in total. The lowest BCUT2D eigenvalue weighted by molar-refractivity contribution is 0.164. The Morgan fingerprint density at radius 1 is 1.25 bits per heavy atom. The predicted molar refractivity (Wildman–Crippen MR) is 67.5 cm³/mol. The third kappa shape index (κ3) is 2.98. The molecular formula is C14H27NO. The maximum atomic E-state index is 5.56. The van der Waals surface area contributed by atoms with E-state index in [1.807, 2.05) is 0 Å². The SMILES string of the molecule is CCCNC(C1CCOC1)C1CCC(C)C1. The van der Waals surface area contributed by atoms with Gasteiger partial charge in [-0.25, -0.2) is 0 Å². The first-order valence-corrected chi connectivity index (χ1v) is 7.12. The lowest BCUT2D eigenvalue weighted by Gasteiger charge is -2.29. The molecule has 4 atom stereocenters. The molecule has 2 aliphatic rings. The van der Waals surface area contributed by atoms with Gasteiger partial charge in [0.15, 0.2) is 0 Å². The number of hydrogen-bond donors (Lipinski definition) is 1. The Bertz CT molecular complexity index is 201. The Labute approximate surface area is 100 Å². The lowest BCUT2D eigenvalue weighted by atomic mass is 9.86. The van der Waals surface area contributed by atoms with E-state index in [1.165, 1.54) is 38.6 Å². The van der Waals surface area contributed by atoms with E-state index in [0.717, 1.165) is 37.0 Å². The normalized spacial score (nSPS) is 36.8. The highest BCUT2D eigenvalue weighted by molar-refractivity contribution is 4.89. The topological polar surface area (TPSA) is 21.3 Å². The van der Waals surface area contributed by atoms with Crippen molar-refractivity contribution in [3.8, 4) is 0 Å².